The molecule has 0 aliphatic rings. The molecule has 0 unspecified atom stereocenters. The van der Waals surface area contributed by atoms with Gasteiger partial charge in [0.1, 0.15) is 11.6 Å². The Bertz CT molecular complexity index is 793. The Morgan fingerprint density at radius 1 is 1.20 bits per heavy atom. The molecule has 20 heavy (non-hydrogen) atoms. The van der Waals surface area contributed by atoms with Gasteiger partial charge in [-0.05, 0) is 49.7 Å². The van der Waals surface area contributed by atoms with Crippen molar-refractivity contribution in [3.8, 4) is 17.1 Å². The number of halogens is 1. The quantitative estimate of drug-likeness (QED) is 0.759. The Morgan fingerprint density at radius 3 is 2.70 bits per heavy atom. The number of imidazole rings is 1. The maximum atomic E-state index is 9.53. The third-order valence-corrected chi connectivity index (χ3v) is 3.73. The highest BCUT2D eigenvalue weighted by atomic mass is 35.5. The summed E-state index contributed by atoms with van der Waals surface area (Å²) >= 11 is 6.00. The van der Waals surface area contributed by atoms with E-state index in [1.54, 1.807) is 12.1 Å². The normalized spacial score (nSPS) is 11.2. The number of nitrogens with zero attached hydrogens (tertiary/aromatic N) is 2. The summed E-state index contributed by atoms with van der Waals surface area (Å²) in [6.45, 7) is 4.97. The van der Waals surface area contributed by atoms with Crippen LogP contribution in [0.15, 0.2) is 36.4 Å². The third-order valence-electron chi connectivity index (χ3n) is 3.43. The van der Waals surface area contributed by atoms with E-state index in [-0.39, 0.29) is 5.75 Å². The van der Waals surface area contributed by atoms with Crippen molar-refractivity contribution in [2.45, 2.75) is 20.4 Å². The lowest BCUT2D eigenvalue weighted by molar-refractivity contribution is 0.475. The number of hydrogen-bond acceptors (Lipinski definition) is 2. The number of benzene rings is 2. The summed E-state index contributed by atoms with van der Waals surface area (Å²) in [7, 11) is 0. The minimum Gasteiger partial charge on any atom is -0.506 e. The van der Waals surface area contributed by atoms with Crippen LogP contribution in [0.3, 0.4) is 0 Å². The number of rotatable bonds is 2. The second-order valence-electron chi connectivity index (χ2n) is 4.84. The van der Waals surface area contributed by atoms with E-state index in [9.17, 15) is 5.11 Å². The molecule has 0 bridgehead atoms. The van der Waals surface area contributed by atoms with Crippen molar-refractivity contribution >= 4 is 22.6 Å². The summed E-state index contributed by atoms with van der Waals surface area (Å²) in [6, 6.07) is 11.4. The van der Waals surface area contributed by atoms with E-state index >= 15 is 0 Å². The van der Waals surface area contributed by atoms with Gasteiger partial charge in [-0.3, -0.25) is 0 Å². The SMILES string of the molecule is CCn1c(-c2ccc(O)c(Cl)c2)nc2cc(C)ccc21. The van der Waals surface area contributed by atoms with Gasteiger partial charge in [-0.25, -0.2) is 4.98 Å². The number of fused-ring (bicyclic) bond motifs is 1. The first-order valence-corrected chi connectivity index (χ1v) is 6.93. The summed E-state index contributed by atoms with van der Waals surface area (Å²) in [6.07, 6.45) is 0. The molecule has 1 N–H and O–H groups in total. The summed E-state index contributed by atoms with van der Waals surface area (Å²) < 4.78 is 2.15. The number of aromatic hydroxyl groups is 1. The largest absolute Gasteiger partial charge is 0.506 e. The smallest absolute Gasteiger partial charge is 0.141 e. The second-order valence-corrected chi connectivity index (χ2v) is 5.25. The zero-order valence-corrected chi connectivity index (χ0v) is 12.1. The van der Waals surface area contributed by atoms with Gasteiger partial charge in [0, 0.05) is 12.1 Å². The van der Waals surface area contributed by atoms with Gasteiger partial charge in [0.2, 0.25) is 0 Å². The zero-order chi connectivity index (χ0) is 14.3. The van der Waals surface area contributed by atoms with Crippen LogP contribution >= 0.6 is 11.6 Å². The molecule has 0 aliphatic carbocycles. The third kappa shape index (κ3) is 2.04. The molecule has 3 rings (SSSR count). The topological polar surface area (TPSA) is 38.0 Å². The van der Waals surface area contributed by atoms with Crippen LogP contribution in [-0.4, -0.2) is 14.7 Å². The monoisotopic (exact) mass is 286 g/mol. The number of phenolic OH excluding ortho intramolecular Hbond substituents is 1. The van der Waals surface area contributed by atoms with Gasteiger partial charge in [0.25, 0.3) is 0 Å². The highest BCUT2D eigenvalue weighted by Crippen LogP contribution is 2.31. The average molecular weight is 287 g/mol. The van der Waals surface area contributed by atoms with Crippen LogP contribution in [0, 0.1) is 6.92 Å². The van der Waals surface area contributed by atoms with Gasteiger partial charge in [-0.1, -0.05) is 17.7 Å². The van der Waals surface area contributed by atoms with Crippen molar-refractivity contribution in [1.82, 2.24) is 9.55 Å². The van der Waals surface area contributed by atoms with Crippen LogP contribution in [0.1, 0.15) is 12.5 Å². The first-order chi connectivity index (χ1) is 9.60. The Balaban J connectivity index is 2.26. The van der Waals surface area contributed by atoms with Gasteiger partial charge in [-0.2, -0.15) is 0 Å². The molecular weight excluding hydrogens is 272 g/mol. The van der Waals surface area contributed by atoms with Crippen LogP contribution in [-0.2, 0) is 6.54 Å². The van der Waals surface area contributed by atoms with E-state index in [4.69, 9.17) is 16.6 Å². The van der Waals surface area contributed by atoms with Crippen LogP contribution in [0.5, 0.6) is 5.75 Å². The van der Waals surface area contributed by atoms with Crippen LogP contribution in [0.2, 0.25) is 5.02 Å². The highest BCUT2D eigenvalue weighted by Gasteiger charge is 2.12. The van der Waals surface area contributed by atoms with Crippen molar-refractivity contribution in [2.24, 2.45) is 0 Å². The molecule has 1 aromatic heterocycles. The molecule has 0 saturated heterocycles. The first-order valence-electron chi connectivity index (χ1n) is 6.56. The molecule has 0 aliphatic heterocycles. The Morgan fingerprint density at radius 2 is 2.00 bits per heavy atom. The maximum absolute atomic E-state index is 9.53. The van der Waals surface area contributed by atoms with Crippen LogP contribution in [0.25, 0.3) is 22.4 Å². The zero-order valence-electron chi connectivity index (χ0n) is 11.4. The molecule has 102 valence electrons. The lowest BCUT2D eigenvalue weighted by Gasteiger charge is -2.07. The van der Waals surface area contributed by atoms with Crippen molar-refractivity contribution in [1.29, 1.82) is 0 Å². The van der Waals surface area contributed by atoms with Crippen molar-refractivity contribution < 1.29 is 5.11 Å². The fourth-order valence-electron chi connectivity index (χ4n) is 2.43. The standard InChI is InChI=1S/C16H15ClN2O/c1-3-19-14-6-4-10(2)8-13(14)18-16(19)11-5-7-15(20)12(17)9-11/h4-9,20H,3H2,1-2H3. The van der Waals surface area contributed by atoms with E-state index in [1.807, 2.05) is 6.07 Å². The lowest BCUT2D eigenvalue weighted by atomic mass is 10.2. The van der Waals surface area contributed by atoms with Gasteiger partial charge in [-0.15, -0.1) is 0 Å². The van der Waals surface area contributed by atoms with Crippen molar-refractivity contribution in [3.63, 3.8) is 0 Å². The summed E-state index contributed by atoms with van der Waals surface area (Å²) in [5.41, 5.74) is 4.18. The van der Waals surface area contributed by atoms with E-state index in [0.717, 1.165) is 29.0 Å². The van der Waals surface area contributed by atoms with Gasteiger partial charge in [0.05, 0.1) is 16.1 Å². The van der Waals surface area contributed by atoms with Gasteiger partial charge >= 0.3 is 0 Å². The minimum absolute atomic E-state index is 0.0884. The van der Waals surface area contributed by atoms with E-state index < -0.39 is 0 Å². The predicted molar refractivity (Wildman–Crippen MR) is 82.3 cm³/mol. The maximum Gasteiger partial charge on any atom is 0.141 e. The van der Waals surface area contributed by atoms with Gasteiger partial charge < -0.3 is 9.67 Å². The van der Waals surface area contributed by atoms with Crippen molar-refractivity contribution in [2.75, 3.05) is 0 Å². The molecule has 4 heteroatoms. The minimum atomic E-state index is 0.0884. The number of phenols is 1. The summed E-state index contributed by atoms with van der Waals surface area (Å²) in [5.74, 6) is 0.959. The number of hydrogen-bond donors (Lipinski definition) is 1. The number of aryl methyl sites for hydroxylation is 2. The highest BCUT2D eigenvalue weighted by molar-refractivity contribution is 6.32. The molecular formula is C16H15ClN2O. The van der Waals surface area contributed by atoms with E-state index in [0.29, 0.717) is 5.02 Å². The van der Waals surface area contributed by atoms with Crippen LogP contribution in [0.4, 0.5) is 0 Å². The number of aromatic nitrogens is 2. The molecule has 0 spiro atoms. The second kappa shape index (κ2) is 4.84. The molecule has 2 aromatic carbocycles. The van der Waals surface area contributed by atoms with Crippen molar-refractivity contribution in [3.05, 3.63) is 47.0 Å². The molecule has 0 saturated carbocycles. The predicted octanol–water partition coefficient (Wildman–Crippen LogP) is 4.39. The van der Waals surface area contributed by atoms with Gasteiger partial charge in [0.15, 0.2) is 0 Å². The lowest BCUT2D eigenvalue weighted by Crippen LogP contribution is -1.97. The molecule has 0 amide bonds. The fourth-order valence-corrected chi connectivity index (χ4v) is 2.61. The molecule has 0 fully saturated rings. The summed E-state index contributed by atoms with van der Waals surface area (Å²) in [5, 5.41) is 9.88. The molecule has 1 heterocycles. The average Bonchev–Trinajstić information content (AvgIpc) is 2.79. The van der Waals surface area contributed by atoms with Crippen LogP contribution < -0.4 is 0 Å². The Labute approximate surface area is 122 Å². The first kappa shape index (κ1) is 13.0. The molecule has 3 aromatic rings. The van der Waals surface area contributed by atoms with E-state index in [1.165, 1.54) is 5.56 Å². The molecule has 0 radical (unpaired) electrons. The fraction of sp³-hybridized carbons (Fsp3) is 0.188. The molecule has 3 nitrogen and oxygen atoms in total. The Kier molecular flexibility index (Phi) is 3.14. The summed E-state index contributed by atoms with van der Waals surface area (Å²) in [4.78, 5) is 4.71. The van der Waals surface area contributed by atoms with E-state index in [2.05, 4.69) is 36.6 Å². The Hall–Kier alpha value is -2.00. The molecule has 0 atom stereocenters.